The molecule has 94 valence electrons. The number of benzene rings is 1. The van der Waals surface area contributed by atoms with Gasteiger partial charge in [0.1, 0.15) is 5.82 Å². The van der Waals surface area contributed by atoms with Gasteiger partial charge in [0.05, 0.1) is 15.7 Å². The lowest BCUT2D eigenvalue weighted by molar-refractivity contribution is -0.128. The summed E-state index contributed by atoms with van der Waals surface area (Å²) >= 11 is 0. The molecule has 1 amide bonds. The van der Waals surface area contributed by atoms with E-state index in [9.17, 15) is 13.4 Å². The summed E-state index contributed by atoms with van der Waals surface area (Å²) in [5.41, 5.74) is 5.88. The first kappa shape index (κ1) is 13.6. The molecule has 6 heteroatoms. The number of nitrogens with zero attached hydrogens (tertiary/aromatic N) is 1. The molecule has 0 aromatic heterocycles. The zero-order valence-corrected chi connectivity index (χ0v) is 10.6. The normalized spacial score (nSPS) is 12.2. The molecule has 4 nitrogen and oxygen atoms in total. The first-order valence-electron chi connectivity index (χ1n) is 5.05. The van der Waals surface area contributed by atoms with Gasteiger partial charge in [0.2, 0.25) is 5.91 Å². The molecule has 0 aliphatic heterocycles. The third-order valence-electron chi connectivity index (χ3n) is 2.22. The minimum absolute atomic E-state index is 0.117. The first-order chi connectivity index (χ1) is 7.91. The molecule has 1 aromatic carbocycles. The lowest BCUT2D eigenvalue weighted by Crippen LogP contribution is -2.23. The number of hydrogen-bond donors (Lipinski definition) is 1. The molecule has 0 saturated carbocycles. The number of carbonyl (C=O) groups excluding carboxylic acids is 1. The van der Waals surface area contributed by atoms with E-state index in [0.29, 0.717) is 0 Å². The molecule has 2 N–H and O–H groups in total. The van der Waals surface area contributed by atoms with E-state index >= 15 is 0 Å². The largest absolute Gasteiger partial charge is 0.398 e. The highest BCUT2D eigenvalue weighted by atomic mass is 32.2. The van der Waals surface area contributed by atoms with Crippen LogP contribution < -0.4 is 5.73 Å². The highest BCUT2D eigenvalue weighted by molar-refractivity contribution is 7.85. The van der Waals surface area contributed by atoms with Crippen LogP contribution in [0.5, 0.6) is 0 Å². The highest BCUT2D eigenvalue weighted by Crippen LogP contribution is 2.18. The van der Waals surface area contributed by atoms with Crippen molar-refractivity contribution >= 4 is 22.4 Å². The van der Waals surface area contributed by atoms with Crippen molar-refractivity contribution in [3.8, 4) is 0 Å². The van der Waals surface area contributed by atoms with Gasteiger partial charge < -0.3 is 10.6 Å². The van der Waals surface area contributed by atoms with E-state index in [2.05, 4.69) is 0 Å². The number of rotatable bonds is 4. The Balaban J connectivity index is 2.70. The SMILES string of the molecule is CN(C)C(=O)CCS(=O)c1cc(F)ccc1N. The second kappa shape index (κ2) is 5.77. The van der Waals surface area contributed by atoms with Crippen molar-refractivity contribution in [2.24, 2.45) is 0 Å². The molecule has 0 saturated heterocycles. The van der Waals surface area contributed by atoms with Crippen LogP contribution >= 0.6 is 0 Å². The van der Waals surface area contributed by atoms with Crippen LogP contribution in [0.3, 0.4) is 0 Å². The molecule has 17 heavy (non-hydrogen) atoms. The van der Waals surface area contributed by atoms with Gasteiger partial charge in [0.15, 0.2) is 0 Å². The van der Waals surface area contributed by atoms with Crippen molar-refractivity contribution in [2.45, 2.75) is 11.3 Å². The molecule has 0 radical (unpaired) electrons. The predicted molar refractivity (Wildman–Crippen MR) is 65.4 cm³/mol. The molecule has 0 spiro atoms. The van der Waals surface area contributed by atoms with Crippen molar-refractivity contribution < 1.29 is 13.4 Å². The maximum atomic E-state index is 13.0. The third-order valence-corrected chi connectivity index (χ3v) is 3.64. The highest BCUT2D eigenvalue weighted by Gasteiger charge is 2.12. The molecule has 0 heterocycles. The molecule has 0 aliphatic rings. The van der Waals surface area contributed by atoms with E-state index in [1.54, 1.807) is 14.1 Å². The summed E-state index contributed by atoms with van der Waals surface area (Å²) in [4.78, 5) is 13.0. The molecule has 0 fully saturated rings. The maximum absolute atomic E-state index is 13.0. The average Bonchev–Trinajstić information content (AvgIpc) is 2.28. The Kier molecular flexibility index (Phi) is 4.62. The van der Waals surface area contributed by atoms with Gasteiger partial charge in [-0.2, -0.15) is 0 Å². The quantitative estimate of drug-likeness (QED) is 0.819. The molecule has 1 atom stereocenters. The fourth-order valence-corrected chi connectivity index (χ4v) is 2.37. The Morgan fingerprint density at radius 1 is 1.47 bits per heavy atom. The van der Waals surface area contributed by atoms with Crippen LogP contribution in [0, 0.1) is 5.82 Å². The number of halogens is 1. The fraction of sp³-hybridized carbons (Fsp3) is 0.364. The zero-order chi connectivity index (χ0) is 13.0. The van der Waals surface area contributed by atoms with Gasteiger partial charge in [0, 0.05) is 32.0 Å². The summed E-state index contributed by atoms with van der Waals surface area (Å²) in [5, 5.41) is 0. The van der Waals surface area contributed by atoms with E-state index in [-0.39, 0.29) is 28.7 Å². The summed E-state index contributed by atoms with van der Waals surface area (Å²) in [7, 11) is 1.80. The minimum Gasteiger partial charge on any atom is -0.398 e. The van der Waals surface area contributed by atoms with Crippen LogP contribution in [0.15, 0.2) is 23.1 Å². The summed E-state index contributed by atoms with van der Waals surface area (Å²) in [6, 6.07) is 3.73. The summed E-state index contributed by atoms with van der Waals surface area (Å²) in [5.74, 6) is -0.459. The Hall–Kier alpha value is -1.43. The molecular formula is C11H15FN2O2S. The van der Waals surface area contributed by atoms with Gasteiger partial charge in [-0.3, -0.25) is 9.00 Å². The van der Waals surface area contributed by atoms with E-state index in [1.807, 2.05) is 0 Å². The summed E-state index contributed by atoms with van der Waals surface area (Å²) in [6.45, 7) is 0. The second-order valence-electron chi connectivity index (χ2n) is 3.77. The standard InChI is InChI=1S/C11H15FN2O2S/c1-14(2)11(15)5-6-17(16)10-7-8(12)3-4-9(10)13/h3-4,7H,5-6,13H2,1-2H3. The Labute approximate surface area is 102 Å². The first-order valence-corrected chi connectivity index (χ1v) is 6.37. The number of anilines is 1. The van der Waals surface area contributed by atoms with Crippen LogP contribution in [-0.2, 0) is 15.6 Å². The predicted octanol–water partition coefficient (Wildman–Crippen LogP) is 0.994. The summed E-state index contributed by atoms with van der Waals surface area (Å²) in [6.07, 6.45) is 0.148. The van der Waals surface area contributed by atoms with Crippen LogP contribution in [0.2, 0.25) is 0 Å². The molecular weight excluding hydrogens is 243 g/mol. The maximum Gasteiger partial charge on any atom is 0.222 e. The topological polar surface area (TPSA) is 63.4 Å². The molecule has 1 rings (SSSR count). The van der Waals surface area contributed by atoms with Crippen molar-refractivity contribution in [1.29, 1.82) is 0 Å². The van der Waals surface area contributed by atoms with E-state index in [1.165, 1.54) is 17.0 Å². The van der Waals surface area contributed by atoms with Gasteiger partial charge >= 0.3 is 0 Å². The van der Waals surface area contributed by atoms with Gasteiger partial charge in [-0.15, -0.1) is 0 Å². The van der Waals surface area contributed by atoms with Gasteiger partial charge in [0.25, 0.3) is 0 Å². The molecule has 0 aliphatic carbocycles. The monoisotopic (exact) mass is 258 g/mol. The van der Waals surface area contributed by atoms with Crippen LogP contribution in [0.25, 0.3) is 0 Å². The second-order valence-corrected chi connectivity index (χ2v) is 5.31. The summed E-state index contributed by atoms with van der Waals surface area (Å²) < 4.78 is 24.8. The Morgan fingerprint density at radius 3 is 2.71 bits per heavy atom. The fourth-order valence-electron chi connectivity index (χ4n) is 1.22. The number of nitrogens with two attached hydrogens (primary N) is 1. The third kappa shape index (κ3) is 3.81. The zero-order valence-electron chi connectivity index (χ0n) is 9.77. The Morgan fingerprint density at radius 2 is 2.12 bits per heavy atom. The van der Waals surface area contributed by atoms with Gasteiger partial charge in [-0.1, -0.05) is 0 Å². The number of nitrogen functional groups attached to an aromatic ring is 1. The van der Waals surface area contributed by atoms with Gasteiger partial charge in [-0.05, 0) is 18.2 Å². The van der Waals surface area contributed by atoms with Crippen LogP contribution in [-0.4, -0.2) is 34.9 Å². The van der Waals surface area contributed by atoms with Crippen LogP contribution in [0.4, 0.5) is 10.1 Å². The number of carbonyl (C=O) groups is 1. The van der Waals surface area contributed by atoms with E-state index in [4.69, 9.17) is 5.73 Å². The Bertz CT molecular complexity index is 449. The molecule has 0 bridgehead atoms. The van der Waals surface area contributed by atoms with Gasteiger partial charge in [-0.25, -0.2) is 4.39 Å². The van der Waals surface area contributed by atoms with Crippen molar-refractivity contribution in [2.75, 3.05) is 25.6 Å². The molecule has 1 aromatic rings. The van der Waals surface area contributed by atoms with E-state index < -0.39 is 16.6 Å². The van der Waals surface area contributed by atoms with Crippen LogP contribution in [0.1, 0.15) is 6.42 Å². The van der Waals surface area contributed by atoms with Crippen molar-refractivity contribution in [3.05, 3.63) is 24.0 Å². The number of amides is 1. The molecule has 1 unspecified atom stereocenters. The van der Waals surface area contributed by atoms with Crippen molar-refractivity contribution in [1.82, 2.24) is 4.90 Å². The smallest absolute Gasteiger partial charge is 0.222 e. The number of hydrogen-bond acceptors (Lipinski definition) is 3. The lowest BCUT2D eigenvalue weighted by atomic mass is 10.3. The van der Waals surface area contributed by atoms with Crippen molar-refractivity contribution in [3.63, 3.8) is 0 Å². The van der Waals surface area contributed by atoms with E-state index in [0.717, 1.165) is 6.07 Å². The minimum atomic E-state index is -1.45. The average molecular weight is 258 g/mol. The lowest BCUT2D eigenvalue weighted by Gasteiger charge is -2.10.